The molecule has 0 atom stereocenters. The Hall–Kier alpha value is -5.97. The van der Waals surface area contributed by atoms with Crippen LogP contribution in [0.2, 0.25) is 0 Å². The number of hydrogen-bond acceptors (Lipinski definition) is 4. The fourth-order valence-corrected chi connectivity index (χ4v) is 7.63. The van der Waals surface area contributed by atoms with Gasteiger partial charge in [-0.15, -0.1) is 11.3 Å². The smallest absolute Gasteiger partial charge is 0.165 e. The van der Waals surface area contributed by atoms with E-state index in [1.807, 2.05) is 36.4 Å². The summed E-state index contributed by atoms with van der Waals surface area (Å²) in [6, 6.07) is 57.4. The molecule has 0 unspecified atom stereocenters. The zero-order chi connectivity index (χ0) is 31.2. The minimum absolute atomic E-state index is 0.656. The Morgan fingerprint density at radius 1 is 0.340 bits per heavy atom. The zero-order valence-electron chi connectivity index (χ0n) is 25.3. The first-order chi connectivity index (χ1) is 23.3. The summed E-state index contributed by atoms with van der Waals surface area (Å²) in [6.07, 6.45) is 0. The molecule has 9 rings (SSSR count). The van der Waals surface area contributed by atoms with Crippen molar-refractivity contribution < 1.29 is 0 Å². The van der Waals surface area contributed by atoms with Gasteiger partial charge in [0, 0.05) is 36.9 Å². The molecule has 2 heterocycles. The number of nitrogens with zero attached hydrogens (tertiary/aromatic N) is 3. The molecule has 0 spiro atoms. The predicted molar refractivity (Wildman–Crippen MR) is 197 cm³/mol. The lowest BCUT2D eigenvalue weighted by Gasteiger charge is -2.14. The van der Waals surface area contributed by atoms with Crippen molar-refractivity contribution in [3.05, 3.63) is 164 Å². The molecule has 0 aliphatic carbocycles. The van der Waals surface area contributed by atoms with Crippen LogP contribution in [0.15, 0.2) is 164 Å². The Morgan fingerprint density at radius 2 is 0.894 bits per heavy atom. The summed E-state index contributed by atoms with van der Waals surface area (Å²) < 4.78 is 2.45. The zero-order valence-corrected chi connectivity index (χ0v) is 26.2. The molecule has 9 aromatic rings. The summed E-state index contributed by atoms with van der Waals surface area (Å²) in [7, 11) is 0. The molecule has 0 bridgehead atoms. The summed E-state index contributed by atoms with van der Waals surface area (Å²) in [4.78, 5) is 15.4. The maximum Gasteiger partial charge on any atom is 0.165 e. The van der Waals surface area contributed by atoms with E-state index in [9.17, 15) is 0 Å². The molecule has 0 saturated carbocycles. The molecular weight excluding hydrogens is 591 g/mol. The van der Waals surface area contributed by atoms with E-state index in [1.165, 1.54) is 42.1 Å². The quantitative estimate of drug-likeness (QED) is 0.193. The average molecular weight is 618 g/mol. The third-order valence-corrected chi connectivity index (χ3v) is 9.90. The van der Waals surface area contributed by atoms with Crippen LogP contribution in [0.5, 0.6) is 0 Å². The van der Waals surface area contributed by atoms with Crippen LogP contribution in [-0.4, -0.2) is 15.0 Å². The Balaban J connectivity index is 1.30. The third kappa shape index (κ3) is 4.87. The van der Waals surface area contributed by atoms with E-state index in [1.54, 1.807) is 11.3 Å². The normalized spacial score (nSPS) is 11.4. The lowest BCUT2D eigenvalue weighted by molar-refractivity contribution is 1.08. The highest BCUT2D eigenvalue weighted by atomic mass is 32.1. The van der Waals surface area contributed by atoms with Crippen LogP contribution in [0.3, 0.4) is 0 Å². The largest absolute Gasteiger partial charge is 0.208 e. The van der Waals surface area contributed by atoms with Gasteiger partial charge in [0.1, 0.15) is 0 Å². The van der Waals surface area contributed by atoms with Crippen LogP contribution in [0.1, 0.15) is 0 Å². The van der Waals surface area contributed by atoms with Crippen LogP contribution in [-0.2, 0) is 0 Å². The van der Waals surface area contributed by atoms with Crippen LogP contribution < -0.4 is 0 Å². The molecule has 4 heteroatoms. The lowest BCUT2D eigenvalue weighted by atomic mass is 9.92. The Kier molecular flexibility index (Phi) is 6.65. The first kappa shape index (κ1) is 27.3. The highest BCUT2D eigenvalue weighted by molar-refractivity contribution is 7.26. The fourth-order valence-electron chi connectivity index (χ4n) is 6.52. The predicted octanol–water partition coefficient (Wildman–Crippen LogP) is 11.7. The van der Waals surface area contributed by atoms with Crippen molar-refractivity contribution in [3.8, 4) is 56.4 Å². The van der Waals surface area contributed by atoms with Gasteiger partial charge in [0.15, 0.2) is 17.5 Å². The van der Waals surface area contributed by atoms with E-state index in [0.717, 1.165) is 27.8 Å². The van der Waals surface area contributed by atoms with Crippen molar-refractivity contribution in [2.24, 2.45) is 0 Å². The second-order valence-electron chi connectivity index (χ2n) is 11.6. The minimum atomic E-state index is 0.656. The van der Waals surface area contributed by atoms with Crippen LogP contribution in [0.25, 0.3) is 87.4 Å². The molecule has 0 N–H and O–H groups in total. The number of fused-ring (bicyclic) bond motifs is 4. The first-order valence-corrected chi connectivity index (χ1v) is 16.5. The molecule has 0 fully saturated rings. The van der Waals surface area contributed by atoms with Crippen LogP contribution in [0, 0.1) is 0 Å². The van der Waals surface area contributed by atoms with Gasteiger partial charge in [-0.1, -0.05) is 152 Å². The van der Waals surface area contributed by atoms with Gasteiger partial charge in [-0.2, -0.15) is 0 Å². The Bertz CT molecular complexity index is 2490. The van der Waals surface area contributed by atoms with Gasteiger partial charge in [0.25, 0.3) is 0 Å². The lowest BCUT2D eigenvalue weighted by Crippen LogP contribution is -2.01. The number of aromatic nitrogens is 3. The number of hydrogen-bond donors (Lipinski definition) is 0. The van der Waals surface area contributed by atoms with E-state index in [4.69, 9.17) is 15.0 Å². The van der Waals surface area contributed by atoms with E-state index >= 15 is 0 Å². The standard InChI is InChI=1S/C43H27N3S/c1-3-13-31(14-4-1)41-44-42(32-15-5-2-6-16-32)46-43(45-41)40-35(26-27-38-39(40)36-19-9-10-21-37(36)47-38)30-24-22-29(23-25-30)34-20-11-17-28-12-7-8-18-33(28)34/h1-27H. The molecule has 220 valence electrons. The molecule has 0 amide bonds. The van der Waals surface area contributed by atoms with Gasteiger partial charge in [0.05, 0.1) is 0 Å². The minimum Gasteiger partial charge on any atom is -0.208 e. The molecule has 47 heavy (non-hydrogen) atoms. The maximum atomic E-state index is 5.20. The second-order valence-corrected chi connectivity index (χ2v) is 12.7. The monoisotopic (exact) mass is 617 g/mol. The van der Waals surface area contributed by atoms with E-state index in [2.05, 4.69) is 127 Å². The van der Waals surface area contributed by atoms with Crippen LogP contribution in [0.4, 0.5) is 0 Å². The second kappa shape index (κ2) is 11.4. The molecule has 0 aliphatic rings. The van der Waals surface area contributed by atoms with Crippen molar-refractivity contribution in [1.82, 2.24) is 15.0 Å². The van der Waals surface area contributed by atoms with Crippen molar-refractivity contribution in [1.29, 1.82) is 0 Å². The number of rotatable bonds is 5. The molecule has 2 aromatic heterocycles. The van der Waals surface area contributed by atoms with Crippen molar-refractivity contribution >= 4 is 42.3 Å². The van der Waals surface area contributed by atoms with Crippen LogP contribution >= 0.6 is 11.3 Å². The average Bonchev–Trinajstić information content (AvgIpc) is 3.54. The van der Waals surface area contributed by atoms with Gasteiger partial charge in [-0.3, -0.25) is 0 Å². The van der Waals surface area contributed by atoms with Gasteiger partial charge in [-0.25, -0.2) is 15.0 Å². The highest BCUT2D eigenvalue weighted by Gasteiger charge is 2.21. The molecule has 0 aliphatic heterocycles. The summed E-state index contributed by atoms with van der Waals surface area (Å²) in [6.45, 7) is 0. The van der Waals surface area contributed by atoms with Crippen molar-refractivity contribution in [2.75, 3.05) is 0 Å². The first-order valence-electron chi connectivity index (χ1n) is 15.7. The topological polar surface area (TPSA) is 38.7 Å². The molecular formula is C43H27N3S. The van der Waals surface area contributed by atoms with Gasteiger partial charge in [0.2, 0.25) is 0 Å². The maximum absolute atomic E-state index is 5.20. The SMILES string of the molecule is c1ccc(-c2nc(-c3ccccc3)nc(-c3c(-c4ccc(-c5cccc6ccccc56)cc4)ccc4sc5ccccc5c34)n2)cc1. The van der Waals surface area contributed by atoms with Gasteiger partial charge in [-0.05, 0) is 45.2 Å². The summed E-state index contributed by atoms with van der Waals surface area (Å²) in [5, 5.41) is 4.87. The van der Waals surface area contributed by atoms with E-state index in [-0.39, 0.29) is 0 Å². The van der Waals surface area contributed by atoms with Crippen molar-refractivity contribution in [3.63, 3.8) is 0 Å². The summed E-state index contributed by atoms with van der Waals surface area (Å²) >= 11 is 1.81. The Labute approximate surface area is 276 Å². The fraction of sp³-hybridized carbons (Fsp3) is 0. The third-order valence-electron chi connectivity index (χ3n) is 8.76. The Morgan fingerprint density at radius 3 is 1.60 bits per heavy atom. The summed E-state index contributed by atoms with van der Waals surface area (Å²) in [5.74, 6) is 1.98. The molecule has 3 nitrogen and oxygen atoms in total. The molecule has 0 saturated heterocycles. The number of thiophene rings is 1. The van der Waals surface area contributed by atoms with Gasteiger partial charge >= 0.3 is 0 Å². The molecule has 0 radical (unpaired) electrons. The van der Waals surface area contributed by atoms with Crippen molar-refractivity contribution in [2.45, 2.75) is 0 Å². The van der Waals surface area contributed by atoms with E-state index < -0.39 is 0 Å². The number of benzene rings is 7. The van der Waals surface area contributed by atoms with E-state index in [0.29, 0.717) is 17.5 Å². The summed E-state index contributed by atoms with van der Waals surface area (Å²) in [5.41, 5.74) is 7.56. The molecule has 7 aromatic carbocycles. The van der Waals surface area contributed by atoms with Gasteiger partial charge < -0.3 is 0 Å². The highest BCUT2D eigenvalue weighted by Crippen LogP contribution is 2.45.